The van der Waals surface area contributed by atoms with E-state index in [-0.39, 0.29) is 27.5 Å². The number of aryl methyl sites for hydroxylation is 1. The summed E-state index contributed by atoms with van der Waals surface area (Å²) < 4.78 is 61.6. The monoisotopic (exact) mass is 259 g/mol. The van der Waals surface area contributed by atoms with Gasteiger partial charge in [0, 0.05) is 34.7 Å². The maximum Gasteiger partial charge on any atom is 0.176 e. The Morgan fingerprint density at radius 1 is 1.57 bits per heavy atom. The standard InChI is InChI=1S/C11H10BrNO/c1-7(14)10-5-8-3-4-9(12)6-11(8)13(10)2/h3-6H,1-2H3/i1D3,2D,3D,4D,5D,6D. The Bertz CT molecular complexity index is 794. The number of carbonyl (C=O) groups is 1. The zero-order valence-corrected chi connectivity index (χ0v) is 8.53. The normalized spacial score (nSPS) is 19.8. The molecule has 0 spiro atoms. The van der Waals surface area contributed by atoms with Gasteiger partial charge in [0.2, 0.25) is 0 Å². The van der Waals surface area contributed by atoms with Crippen LogP contribution in [0, 0.1) is 0 Å². The molecule has 0 fully saturated rings. The number of carbonyl (C=O) groups excluding carboxylic acids is 1. The Morgan fingerprint density at radius 3 is 3.14 bits per heavy atom. The summed E-state index contributed by atoms with van der Waals surface area (Å²) in [7, 11) is -0.582. The Labute approximate surface area is 102 Å². The molecular weight excluding hydrogens is 242 g/mol. The summed E-state index contributed by atoms with van der Waals surface area (Å²) >= 11 is 3.00. The molecule has 1 aromatic carbocycles. The van der Waals surface area contributed by atoms with E-state index in [0.717, 1.165) is 4.57 Å². The highest BCUT2D eigenvalue weighted by molar-refractivity contribution is 9.10. The van der Waals surface area contributed by atoms with Gasteiger partial charge in [-0.3, -0.25) is 4.79 Å². The van der Waals surface area contributed by atoms with Crippen molar-refractivity contribution in [1.29, 1.82) is 0 Å². The van der Waals surface area contributed by atoms with Gasteiger partial charge in [-0.05, 0) is 18.1 Å². The number of benzene rings is 1. The van der Waals surface area contributed by atoms with E-state index in [1.165, 1.54) is 0 Å². The Kier molecular flexibility index (Phi) is 0.883. The molecule has 0 aliphatic rings. The van der Waals surface area contributed by atoms with Gasteiger partial charge in [-0.15, -0.1) is 0 Å². The lowest BCUT2D eigenvalue weighted by molar-refractivity contribution is 0.101. The molecule has 0 atom stereocenters. The van der Waals surface area contributed by atoms with Gasteiger partial charge in [0.05, 0.1) is 11.2 Å². The number of hydrogen-bond acceptors (Lipinski definition) is 1. The van der Waals surface area contributed by atoms with E-state index in [1.54, 1.807) is 0 Å². The molecule has 0 N–H and O–H groups in total. The van der Waals surface area contributed by atoms with Crippen LogP contribution in [0.15, 0.2) is 28.6 Å². The summed E-state index contributed by atoms with van der Waals surface area (Å²) in [6.07, 6.45) is 0. The van der Waals surface area contributed by atoms with Crippen molar-refractivity contribution >= 4 is 32.6 Å². The zero-order valence-electron chi connectivity index (χ0n) is 14.9. The van der Waals surface area contributed by atoms with Crippen LogP contribution < -0.4 is 0 Å². The minimum absolute atomic E-state index is 0.00918. The van der Waals surface area contributed by atoms with E-state index in [0.29, 0.717) is 0 Å². The van der Waals surface area contributed by atoms with Crippen molar-refractivity contribution in [1.82, 2.24) is 4.57 Å². The summed E-state index contributed by atoms with van der Waals surface area (Å²) in [4.78, 5) is 12.1. The molecule has 3 heteroatoms. The number of aromatic nitrogens is 1. The lowest BCUT2D eigenvalue weighted by atomic mass is 10.2. The van der Waals surface area contributed by atoms with Crippen LogP contribution in [0.2, 0.25) is 0 Å². The average molecular weight is 260 g/mol. The van der Waals surface area contributed by atoms with Gasteiger partial charge in [0.1, 0.15) is 0 Å². The van der Waals surface area contributed by atoms with Gasteiger partial charge in [0.15, 0.2) is 5.78 Å². The van der Waals surface area contributed by atoms with E-state index >= 15 is 0 Å². The topological polar surface area (TPSA) is 22.0 Å². The summed E-state index contributed by atoms with van der Waals surface area (Å²) in [6.45, 7) is -3.00. The average Bonchev–Trinajstić information content (AvgIpc) is 2.73. The first-order chi connectivity index (χ1) is 10.0. The van der Waals surface area contributed by atoms with Crippen LogP contribution in [-0.4, -0.2) is 10.4 Å². The molecule has 0 bridgehead atoms. The zero-order chi connectivity index (χ0) is 17.0. The minimum atomic E-state index is -3.00. The predicted molar refractivity (Wildman–Crippen MR) is 60.6 cm³/mol. The number of halogens is 1. The third-order valence-electron chi connectivity index (χ3n) is 1.76. The molecule has 2 rings (SSSR count). The number of Topliss-reactive ketones (excluding diaryl/α,β-unsaturated/α-hetero) is 1. The molecule has 0 saturated heterocycles. The maximum atomic E-state index is 12.1. The molecular formula is C11H10BrNO. The molecule has 14 heavy (non-hydrogen) atoms. The van der Waals surface area contributed by atoms with Crippen LogP contribution in [0.3, 0.4) is 0 Å². The fourth-order valence-electron chi connectivity index (χ4n) is 1.14. The van der Waals surface area contributed by atoms with E-state index in [9.17, 15) is 4.79 Å². The van der Waals surface area contributed by atoms with Crippen molar-refractivity contribution in [3.8, 4) is 0 Å². The number of rotatable bonds is 1. The van der Waals surface area contributed by atoms with Crippen molar-refractivity contribution in [2.45, 2.75) is 6.85 Å². The predicted octanol–water partition coefficient (Wildman–Crippen LogP) is 3.14. The number of nitrogens with zero attached hydrogens (tertiary/aromatic N) is 1. The van der Waals surface area contributed by atoms with Crippen LogP contribution in [0.1, 0.15) is 28.3 Å². The SMILES string of the molecule is [2H]Cn1c(C(=O)C([2H])([2H])[2H])c([2H])c2c([2H])c([2H])c(Br)c([2H])c21. The summed E-state index contributed by atoms with van der Waals surface area (Å²) in [5.74, 6) is -1.32. The molecule has 2 nitrogen and oxygen atoms in total. The summed E-state index contributed by atoms with van der Waals surface area (Å²) in [6, 6.07) is -1.53. The van der Waals surface area contributed by atoms with Gasteiger partial charge >= 0.3 is 0 Å². The van der Waals surface area contributed by atoms with Crippen LogP contribution in [0.4, 0.5) is 0 Å². The van der Waals surface area contributed by atoms with Crippen molar-refractivity contribution in [3.05, 3.63) is 34.3 Å². The summed E-state index contributed by atoms with van der Waals surface area (Å²) in [5, 5.41) is -0.168. The van der Waals surface area contributed by atoms with Crippen LogP contribution in [0.25, 0.3) is 10.9 Å². The minimum Gasteiger partial charge on any atom is -0.341 e. The molecule has 0 amide bonds. The Balaban J connectivity index is 3.04. The van der Waals surface area contributed by atoms with E-state index in [1.807, 2.05) is 0 Å². The van der Waals surface area contributed by atoms with Gasteiger partial charge in [-0.1, -0.05) is 22.0 Å². The number of hydrogen-bond donors (Lipinski definition) is 0. The van der Waals surface area contributed by atoms with Gasteiger partial charge < -0.3 is 4.57 Å². The van der Waals surface area contributed by atoms with Crippen molar-refractivity contribution in [2.24, 2.45) is 7.02 Å². The third kappa shape index (κ3) is 1.38. The van der Waals surface area contributed by atoms with Crippen molar-refractivity contribution in [2.75, 3.05) is 0 Å². The second-order valence-electron chi connectivity index (χ2n) is 2.64. The molecule has 0 aliphatic heterocycles. The molecule has 0 unspecified atom stereocenters. The Morgan fingerprint density at radius 2 is 2.43 bits per heavy atom. The Hall–Kier alpha value is -1.09. The molecule has 72 valence electrons. The van der Waals surface area contributed by atoms with Gasteiger partial charge in [-0.25, -0.2) is 0 Å². The van der Waals surface area contributed by atoms with Crippen LogP contribution in [0.5, 0.6) is 0 Å². The second-order valence-corrected chi connectivity index (χ2v) is 3.44. The van der Waals surface area contributed by atoms with Crippen LogP contribution in [-0.2, 0) is 7.02 Å². The molecule has 0 radical (unpaired) electrons. The molecule has 2 aromatic rings. The second kappa shape index (κ2) is 3.24. The molecule has 1 heterocycles. The van der Waals surface area contributed by atoms with Crippen molar-refractivity contribution < 1.29 is 15.8 Å². The first-order valence-electron chi connectivity index (χ1n) is 7.86. The maximum absolute atomic E-state index is 12.1. The third-order valence-corrected chi connectivity index (χ3v) is 2.16. The molecule has 0 saturated carbocycles. The summed E-state index contributed by atoms with van der Waals surface area (Å²) in [5.41, 5.74) is -0.607. The van der Waals surface area contributed by atoms with Gasteiger partial charge in [-0.2, -0.15) is 0 Å². The molecule has 1 aromatic heterocycles. The highest BCUT2D eigenvalue weighted by Crippen LogP contribution is 2.22. The fraction of sp³-hybridized carbons (Fsp3) is 0.182. The van der Waals surface area contributed by atoms with E-state index in [4.69, 9.17) is 11.0 Å². The smallest absolute Gasteiger partial charge is 0.176 e. The fourth-order valence-corrected chi connectivity index (χ4v) is 1.43. The molecule has 0 aliphatic carbocycles. The lowest BCUT2D eigenvalue weighted by Gasteiger charge is -1.99. The largest absolute Gasteiger partial charge is 0.341 e. The first kappa shape index (κ1) is 3.81. The van der Waals surface area contributed by atoms with Crippen LogP contribution >= 0.6 is 15.9 Å². The highest BCUT2D eigenvalue weighted by atomic mass is 79.9. The quantitative estimate of drug-likeness (QED) is 0.722. The lowest BCUT2D eigenvalue weighted by Crippen LogP contribution is -2.00. The number of fused-ring (bicyclic) bond motifs is 1. The van der Waals surface area contributed by atoms with E-state index < -0.39 is 37.4 Å². The highest BCUT2D eigenvalue weighted by Gasteiger charge is 2.08. The van der Waals surface area contributed by atoms with E-state index in [2.05, 4.69) is 15.9 Å². The first-order valence-corrected chi connectivity index (χ1v) is 4.45. The van der Waals surface area contributed by atoms with Gasteiger partial charge in [0.25, 0.3) is 0 Å². The van der Waals surface area contributed by atoms with Crippen molar-refractivity contribution in [3.63, 3.8) is 0 Å². The number of ketones is 1.